The lowest BCUT2D eigenvalue weighted by Crippen LogP contribution is -2.39. The predicted octanol–water partition coefficient (Wildman–Crippen LogP) is 3.81. The van der Waals surface area contributed by atoms with Crippen LogP contribution >= 0.6 is 11.3 Å². The molecule has 0 atom stereocenters. The number of hydrogen-bond acceptors (Lipinski definition) is 4. The van der Waals surface area contributed by atoms with E-state index in [1.807, 2.05) is 67.6 Å². The molecule has 0 aliphatic heterocycles. The number of nitrogens with two attached hydrogens (primary N) is 1. The van der Waals surface area contributed by atoms with Crippen molar-refractivity contribution in [1.82, 2.24) is 0 Å². The summed E-state index contributed by atoms with van der Waals surface area (Å²) in [7, 11) is 0. The van der Waals surface area contributed by atoms with Crippen LogP contribution in [0.3, 0.4) is 0 Å². The quantitative estimate of drug-likeness (QED) is 0.676. The Morgan fingerprint density at radius 1 is 0.828 bits per heavy atom. The van der Waals surface area contributed by atoms with Gasteiger partial charge in [-0.15, -0.1) is 11.3 Å². The van der Waals surface area contributed by atoms with Gasteiger partial charge in [-0.2, -0.15) is 0 Å². The van der Waals surface area contributed by atoms with E-state index in [1.165, 1.54) is 11.3 Å². The van der Waals surface area contributed by atoms with Gasteiger partial charge < -0.3 is 5.73 Å². The number of nitrogens with zero attached hydrogens (tertiary/aromatic N) is 1. The average molecular weight is 407 g/mol. The van der Waals surface area contributed by atoms with Crippen molar-refractivity contribution in [2.45, 2.75) is 26.7 Å². The Morgan fingerprint density at radius 3 is 1.69 bits per heavy atom. The third-order valence-electron chi connectivity index (χ3n) is 4.71. The van der Waals surface area contributed by atoms with Crippen molar-refractivity contribution in [3.8, 4) is 0 Å². The molecule has 0 saturated heterocycles. The van der Waals surface area contributed by atoms with Crippen LogP contribution in [0.25, 0.3) is 0 Å². The largest absolute Gasteiger partial charge is 0.365 e. The van der Waals surface area contributed by atoms with Crippen molar-refractivity contribution in [2.75, 3.05) is 4.90 Å². The molecule has 3 rings (SSSR count). The number of carbonyl (C=O) groups is 3. The SMILES string of the molecule is Cc1sc(N(C(=O)Cc2ccccc2)C(=O)Cc2ccccc2)c(C(N)=O)c1C. The summed E-state index contributed by atoms with van der Waals surface area (Å²) in [6.45, 7) is 3.62. The van der Waals surface area contributed by atoms with E-state index in [1.54, 1.807) is 6.92 Å². The Hall–Kier alpha value is -3.25. The van der Waals surface area contributed by atoms with E-state index < -0.39 is 5.91 Å². The van der Waals surface area contributed by atoms with Crippen molar-refractivity contribution in [3.05, 3.63) is 87.8 Å². The van der Waals surface area contributed by atoms with E-state index in [0.29, 0.717) is 10.6 Å². The molecule has 0 unspecified atom stereocenters. The maximum atomic E-state index is 13.2. The van der Waals surface area contributed by atoms with Crippen LogP contribution in [0.1, 0.15) is 31.9 Å². The van der Waals surface area contributed by atoms with Crippen molar-refractivity contribution >= 4 is 34.1 Å². The second kappa shape index (κ2) is 8.84. The van der Waals surface area contributed by atoms with E-state index in [2.05, 4.69) is 0 Å². The molecule has 2 N–H and O–H groups in total. The molecular formula is C23H22N2O3S. The second-order valence-electron chi connectivity index (χ2n) is 6.78. The number of benzene rings is 2. The van der Waals surface area contributed by atoms with Gasteiger partial charge in [0.1, 0.15) is 5.00 Å². The summed E-state index contributed by atoms with van der Waals surface area (Å²) in [6.07, 6.45) is 0.102. The second-order valence-corrected chi connectivity index (χ2v) is 7.98. The Kier molecular flexibility index (Phi) is 6.24. The molecule has 0 saturated carbocycles. The van der Waals surface area contributed by atoms with Crippen molar-refractivity contribution in [3.63, 3.8) is 0 Å². The van der Waals surface area contributed by atoms with Crippen LogP contribution in [0.2, 0.25) is 0 Å². The first-order valence-electron chi connectivity index (χ1n) is 9.22. The molecule has 5 nitrogen and oxygen atoms in total. The fourth-order valence-corrected chi connectivity index (χ4v) is 4.32. The summed E-state index contributed by atoms with van der Waals surface area (Å²) < 4.78 is 0. The van der Waals surface area contributed by atoms with Gasteiger partial charge in [-0.1, -0.05) is 60.7 Å². The topological polar surface area (TPSA) is 80.5 Å². The van der Waals surface area contributed by atoms with E-state index >= 15 is 0 Å². The Morgan fingerprint density at radius 2 is 1.28 bits per heavy atom. The number of anilines is 1. The highest BCUT2D eigenvalue weighted by Gasteiger charge is 2.30. The monoisotopic (exact) mass is 406 g/mol. The molecule has 1 aromatic heterocycles. The van der Waals surface area contributed by atoms with Crippen LogP contribution in [0.15, 0.2) is 60.7 Å². The van der Waals surface area contributed by atoms with Crippen LogP contribution in [0.4, 0.5) is 5.00 Å². The fourth-order valence-electron chi connectivity index (χ4n) is 3.12. The lowest BCUT2D eigenvalue weighted by molar-refractivity contribution is -0.125. The van der Waals surface area contributed by atoms with E-state index in [0.717, 1.165) is 20.9 Å². The number of primary amides is 1. The lowest BCUT2D eigenvalue weighted by Gasteiger charge is -2.21. The number of aryl methyl sites for hydroxylation is 1. The first-order valence-corrected chi connectivity index (χ1v) is 10.0. The first-order chi connectivity index (χ1) is 13.9. The molecule has 0 aliphatic rings. The number of rotatable bonds is 6. The standard InChI is InChI=1S/C23H22N2O3S/c1-15-16(2)29-23(21(15)22(24)28)25(19(26)13-17-9-5-3-6-10-17)20(27)14-18-11-7-4-8-12-18/h3-12H,13-14H2,1-2H3,(H2,24,28). The number of imide groups is 1. The third-order valence-corrected chi connectivity index (χ3v) is 5.90. The van der Waals surface area contributed by atoms with Crippen molar-refractivity contribution in [2.24, 2.45) is 5.73 Å². The van der Waals surface area contributed by atoms with E-state index in [4.69, 9.17) is 5.73 Å². The zero-order valence-electron chi connectivity index (χ0n) is 16.3. The highest BCUT2D eigenvalue weighted by Crippen LogP contribution is 2.36. The van der Waals surface area contributed by atoms with Gasteiger partial charge in [-0.3, -0.25) is 14.4 Å². The van der Waals surface area contributed by atoms with Gasteiger partial charge >= 0.3 is 0 Å². The molecule has 3 aromatic rings. The maximum absolute atomic E-state index is 13.2. The van der Waals surface area contributed by atoms with E-state index in [-0.39, 0.29) is 30.2 Å². The summed E-state index contributed by atoms with van der Waals surface area (Å²) in [5, 5.41) is 0.300. The van der Waals surface area contributed by atoms with Gasteiger partial charge in [0.25, 0.3) is 5.91 Å². The predicted molar refractivity (Wildman–Crippen MR) is 115 cm³/mol. The molecular weight excluding hydrogens is 384 g/mol. The Balaban J connectivity index is 2.02. The van der Waals surface area contributed by atoms with Crippen LogP contribution < -0.4 is 10.6 Å². The molecule has 3 amide bonds. The third kappa shape index (κ3) is 4.60. The minimum atomic E-state index is -0.646. The van der Waals surface area contributed by atoms with Crippen LogP contribution in [-0.2, 0) is 22.4 Å². The highest BCUT2D eigenvalue weighted by molar-refractivity contribution is 7.17. The molecule has 29 heavy (non-hydrogen) atoms. The maximum Gasteiger partial charge on any atom is 0.252 e. The summed E-state index contributed by atoms with van der Waals surface area (Å²) in [4.78, 5) is 40.5. The van der Waals surface area contributed by atoms with Gasteiger partial charge in [-0.25, -0.2) is 4.90 Å². The Bertz CT molecular complexity index is 989. The summed E-state index contributed by atoms with van der Waals surface area (Å²) in [5.74, 6) is -1.42. The Labute approximate surface area is 173 Å². The van der Waals surface area contributed by atoms with Crippen LogP contribution in [0, 0.1) is 13.8 Å². The van der Waals surface area contributed by atoms with Gasteiger partial charge in [0.2, 0.25) is 11.8 Å². The van der Waals surface area contributed by atoms with Gasteiger partial charge in [0.15, 0.2) is 0 Å². The molecule has 0 aliphatic carbocycles. The fraction of sp³-hybridized carbons (Fsp3) is 0.174. The minimum Gasteiger partial charge on any atom is -0.365 e. The van der Waals surface area contributed by atoms with Crippen LogP contribution in [0.5, 0.6) is 0 Å². The summed E-state index contributed by atoms with van der Waals surface area (Å²) >= 11 is 1.24. The molecule has 0 spiro atoms. The van der Waals surface area contributed by atoms with Crippen molar-refractivity contribution in [1.29, 1.82) is 0 Å². The van der Waals surface area contributed by atoms with Gasteiger partial charge in [0, 0.05) is 4.88 Å². The lowest BCUT2D eigenvalue weighted by atomic mass is 10.1. The number of carbonyl (C=O) groups excluding carboxylic acids is 3. The number of thiophene rings is 1. The smallest absolute Gasteiger partial charge is 0.252 e. The molecule has 0 fully saturated rings. The zero-order valence-corrected chi connectivity index (χ0v) is 17.2. The highest BCUT2D eigenvalue weighted by atomic mass is 32.1. The van der Waals surface area contributed by atoms with E-state index in [9.17, 15) is 14.4 Å². The van der Waals surface area contributed by atoms with Gasteiger partial charge in [0.05, 0.1) is 18.4 Å². The average Bonchev–Trinajstić information content (AvgIpc) is 2.97. The minimum absolute atomic E-state index is 0.0512. The number of hydrogen-bond donors (Lipinski definition) is 1. The molecule has 1 heterocycles. The molecule has 0 bridgehead atoms. The summed E-state index contributed by atoms with van der Waals surface area (Å²) in [5.41, 5.74) is 8.10. The number of amides is 3. The molecule has 148 valence electrons. The molecule has 6 heteroatoms. The van der Waals surface area contributed by atoms with Crippen LogP contribution in [-0.4, -0.2) is 17.7 Å². The summed E-state index contributed by atoms with van der Waals surface area (Å²) in [6, 6.07) is 18.4. The van der Waals surface area contributed by atoms with Crippen molar-refractivity contribution < 1.29 is 14.4 Å². The normalized spacial score (nSPS) is 10.6. The molecule has 0 radical (unpaired) electrons. The zero-order chi connectivity index (χ0) is 21.0. The van der Waals surface area contributed by atoms with Gasteiger partial charge in [-0.05, 0) is 30.5 Å². The first kappa shape index (κ1) is 20.5. The molecule has 2 aromatic carbocycles.